The second-order valence-electron chi connectivity index (χ2n) is 12.0. The van der Waals surface area contributed by atoms with Crippen molar-refractivity contribution in [3.8, 4) is 0 Å². The van der Waals surface area contributed by atoms with Crippen LogP contribution in [0.4, 0.5) is 0 Å². The van der Waals surface area contributed by atoms with Crippen molar-refractivity contribution in [2.75, 3.05) is 13.2 Å². The van der Waals surface area contributed by atoms with Crippen LogP contribution in [0.1, 0.15) is 142 Å². The molecule has 0 heterocycles. The van der Waals surface area contributed by atoms with Crippen LogP contribution in [-0.4, -0.2) is 52.3 Å². The SMILES string of the molecule is CC/C=C\C(O)C/C=C/C=C\C/C=C\C/C=C\CCCC(=O)OC[C@H](COP(=O)(O)O)OC(=O)CCCCCCCCCCCCCC. The summed E-state index contributed by atoms with van der Waals surface area (Å²) in [5.74, 6) is -0.981. The molecule has 0 radical (unpaired) electrons. The Morgan fingerprint density at radius 1 is 0.667 bits per heavy atom. The van der Waals surface area contributed by atoms with Crippen molar-refractivity contribution in [3.05, 3.63) is 60.8 Å². The van der Waals surface area contributed by atoms with Gasteiger partial charge in [0, 0.05) is 12.8 Å². The Hall–Kier alpha value is -2.29. The number of carbonyl (C=O) groups is 2. The molecular formula is C38H65O9P. The van der Waals surface area contributed by atoms with E-state index in [1.807, 2.05) is 55.5 Å². The molecule has 0 saturated heterocycles. The Balaban J connectivity index is 4.13. The minimum Gasteiger partial charge on any atom is -0.462 e. The van der Waals surface area contributed by atoms with Crippen LogP contribution in [0.2, 0.25) is 0 Å². The highest BCUT2D eigenvalue weighted by Crippen LogP contribution is 2.36. The average Bonchev–Trinajstić information content (AvgIpc) is 3.05. The summed E-state index contributed by atoms with van der Waals surface area (Å²) in [4.78, 5) is 42.6. The van der Waals surface area contributed by atoms with Crippen molar-refractivity contribution >= 4 is 19.8 Å². The fraction of sp³-hybridized carbons (Fsp3) is 0.684. The number of phosphoric acid groups is 1. The van der Waals surface area contributed by atoms with Crippen LogP contribution in [0.5, 0.6) is 0 Å². The van der Waals surface area contributed by atoms with Gasteiger partial charge in [0.05, 0.1) is 12.7 Å². The molecule has 1 unspecified atom stereocenters. The number of rotatable bonds is 32. The maximum Gasteiger partial charge on any atom is 0.469 e. The van der Waals surface area contributed by atoms with E-state index in [-0.39, 0.29) is 19.4 Å². The van der Waals surface area contributed by atoms with E-state index >= 15 is 0 Å². The van der Waals surface area contributed by atoms with Crippen LogP contribution < -0.4 is 0 Å². The van der Waals surface area contributed by atoms with E-state index in [2.05, 4.69) is 23.6 Å². The second kappa shape index (κ2) is 33.2. The van der Waals surface area contributed by atoms with E-state index in [0.29, 0.717) is 25.7 Å². The topological polar surface area (TPSA) is 140 Å². The molecule has 0 aromatic carbocycles. The molecule has 276 valence electrons. The van der Waals surface area contributed by atoms with Gasteiger partial charge < -0.3 is 24.4 Å². The summed E-state index contributed by atoms with van der Waals surface area (Å²) >= 11 is 0. The molecule has 3 N–H and O–H groups in total. The quantitative estimate of drug-likeness (QED) is 0.0206. The third-order valence-corrected chi connectivity index (χ3v) is 7.86. The van der Waals surface area contributed by atoms with Crippen molar-refractivity contribution in [2.24, 2.45) is 0 Å². The number of aliphatic hydroxyl groups excluding tert-OH is 1. The van der Waals surface area contributed by atoms with E-state index in [1.165, 1.54) is 51.4 Å². The molecule has 0 aromatic rings. The minimum absolute atomic E-state index is 0.170. The summed E-state index contributed by atoms with van der Waals surface area (Å²) in [5, 5.41) is 9.72. The highest BCUT2D eigenvalue weighted by molar-refractivity contribution is 7.46. The van der Waals surface area contributed by atoms with Gasteiger partial charge in [-0.25, -0.2) is 4.57 Å². The van der Waals surface area contributed by atoms with Crippen LogP contribution in [0.3, 0.4) is 0 Å². The summed E-state index contributed by atoms with van der Waals surface area (Å²) in [6.45, 7) is 3.37. The Morgan fingerprint density at radius 2 is 1.23 bits per heavy atom. The lowest BCUT2D eigenvalue weighted by Crippen LogP contribution is -2.29. The lowest BCUT2D eigenvalue weighted by Gasteiger charge is -2.18. The third kappa shape index (κ3) is 35.0. The second-order valence-corrected chi connectivity index (χ2v) is 13.3. The zero-order valence-corrected chi connectivity index (χ0v) is 30.6. The first-order valence-corrected chi connectivity index (χ1v) is 19.7. The fourth-order valence-electron chi connectivity index (χ4n) is 4.66. The summed E-state index contributed by atoms with van der Waals surface area (Å²) in [5.41, 5.74) is 0. The molecule has 0 bridgehead atoms. The summed E-state index contributed by atoms with van der Waals surface area (Å²) < 4.78 is 26.2. The van der Waals surface area contributed by atoms with Gasteiger partial charge in [-0.2, -0.15) is 0 Å². The molecule has 0 saturated carbocycles. The van der Waals surface area contributed by atoms with E-state index in [0.717, 1.165) is 38.5 Å². The van der Waals surface area contributed by atoms with Crippen LogP contribution in [0, 0.1) is 0 Å². The van der Waals surface area contributed by atoms with Crippen LogP contribution >= 0.6 is 7.82 Å². The van der Waals surface area contributed by atoms with Gasteiger partial charge in [0.1, 0.15) is 6.61 Å². The lowest BCUT2D eigenvalue weighted by atomic mass is 10.0. The Kier molecular flexibility index (Phi) is 31.6. The van der Waals surface area contributed by atoms with Gasteiger partial charge >= 0.3 is 19.8 Å². The lowest BCUT2D eigenvalue weighted by molar-refractivity contribution is -0.161. The zero-order valence-electron chi connectivity index (χ0n) is 29.7. The highest BCUT2D eigenvalue weighted by Gasteiger charge is 2.22. The molecule has 9 nitrogen and oxygen atoms in total. The molecule has 0 fully saturated rings. The van der Waals surface area contributed by atoms with Gasteiger partial charge in [0.15, 0.2) is 6.10 Å². The van der Waals surface area contributed by atoms with Gasteiger partial charge in [-0.1, -0.05) is 145 Å². The number of esters is 2. The van der Waals surface area contributed by atoms with E-state index in [1.54, 1.807) is 0 Å². The number of unbranched alkanes of at least 4 members (excludes halogenated alkanes) is 12. The predicted molar refractivity (Wildman–Crippen MR) is 194 cm³/mol. The van der Waals surface area contributed by atoms with Crippen LogP contribution in [-0.2, 0) is 28.2 Å². The Bertz CT molecular complexity index is 981. The van der Waals surface area contributed by atoms with Gasteiger partial charge in [-0.3, -0.25) is 14.1 Å². The number of hydrogen-bond donors (Lipinski definition) is 3. The monoisotopic (exact) mass is 696 g/mol. The van der Waals surface area contributed by atoms with E-state index in [4.69, 9.17) is 19.3 Å². The molecule has 0 aromatic heterocycles. The molecule has 0 aliphatic carbocycles. The van der Waals surface area contributed by atoms with Gasteiger partial charge in [0.2, 0.25) is 0 Å². The predicted octanol–water partition coefficient (Wildman–Crippen LogP) is 9.53. The largest absolute Gasteiger partial charge is 0.469 e. The molecule has 0 rings (SSSR count). The third-order valence-electron chi connectivity index (χ3n) is 7.38. The molecule has 0 aliphatic heterocycles. The highest BCUT2D eigenvalue weighted by atomic mass is 31.2. The number of carbonyl (C=O) groups excluding carboxylic acids is 2. The van der Waals surface area contributed by atoms with Crippen LogP contribution in [0.15, 0.2) is 60.8 Å². The number of phosphoric ester groups is 1. The minimum atomic E-state index is -4.77. The standard InChI is InChI=1S/C38H65O9P/c1-3-5-7-8-9-10-11-15-19-22-25-28-32-38(41)47-36(34-46-48(42,43)44)33-45-37(40)31-27-24-21-18-16-13-12-14-17-20-23-26-30-35(39)29-6-4-2/h6,12-13,17-18,20-21,23,26,29,35-36,39H,3-5,7-11,14-16,19,22,24-25,27-28,30-34H2,1-2H3,(H2,42,43,44)/b13-12-,20-17-,21-18-,26-23+,29-6-/t35?,36-/m1/s1. The first-order chi connectivity index (χ1) is 23.2. The fourth-order valence-corrected chi connectivity index (χ4v) is 5.02. The number of aliphatic hydroxyl groups is 1. The molecule has 10 heteroatoms. The maximum absolute atomic E-state index is 12.3. The molecule has 0 spiro atoms. The van der Waals surface area contributed by atoms with Crippen molar-refractivity contribution in [3.63, 3.8) is 0 Å². The number of hydrogen-bond acceptors (Lipinski definition) is 7. The van der Waals surface area contributed by atoms with Crippen molar-refractivity contribution < 1.29 is 43.0 Å². The smallest absolute Gasteiger partial charge is 0.462 e. The van der Waals surface area contributed by atoms with Crippen molar-refractivity contribution in [2.45, 2.75) is 154 Å². The Morgan fingerprint density at radius 3 is 1.85 bits per heavy atom. The van der Waals surface area contributed by atoms with Crippen molar-refractivity contribution in [1.29, 1.82) is 0 Å². The van der Waals surface area contributed by atoms with Gasteiger partial charge in [-0.15, -0.1) is 0 Å². The van der Waals surface area contributed by atoms with Crippen molar-refractivity contribution in [1.82, 2.24) is 0 Å². The summed E-state index contributed by atoms with van der Waals surface area (Å²) in [6.07, 6.45) is 37.2. The summed E-state index contributed by atoms with van der Waals surface area (Å²) in [7, 11) is -4.77. The van der Waals surface area contributed by atoms with Gasteiger partial charge in [-0.05, 0) is 44.9 Å². The molecule has 0 aliphatic rings. The van der Waals surface area contributed by atoms with Crippen LogP contribution in [0.25, 0.3) is 0 Å². The zero-order chi connectivity index (χ0) is 35.6. The number of allylic oxidation sites excluding steroid dienone is 8. The molecule has 48 heavy (non-hydrogen) atoms. The van der Waals surface area contributed by atoms with E-state index < -0.39 is 38.6 Å². The maximum atomic E-state index is 12.3. The van der Waals surface area contributed by atoms with E-state index in [9.17, 15) is 19.3 Å². The molecular weight excluding hydrogens is 631 g/mol. The number of ether oxygens (including phenoxy) is 2. The molecule has 2 atom stereocenters. The summed E-state index contributed by atoms with van der Waals surface area (Å²) in [6, 6.07) is 0. The Labute approximate surface area is 290 Å². The van der Waals surface area contributed by atoms with Gasteiger partial charge in [0.25, 0.3) is 0 Å². The first kappa shape index (κ1) is 45.7. The normalized spacial score (nSPS) is 13.9. The average molecular weight is 697 g/mol. The first-order valence-electron chi connectivity index (χ1n) is 18.2. The molecule has 0 amide bonds.